The van der Waals surface area contributed by atoms with E-state index in [1.165, 1.54) is 22.5 Å². The zero-order valence-corrected chi connectivity index (χ0v) is 15.7. The number of para-hydroxylation sites is 2. The molecule has 0 spiro atoms. The van der Waals surface area contributed by atoms with Gasteiger partial charge in [-0.25, -0.2) is 12.8 Å². The van der Waals surface area contributed by atoms with Gasteiger partial charge in [0.25, 0.3) is 10.0 Å². The maximum absolute atomic E-state index is 14.3. The van der Waals surface area contributed by atoms with E-state index in [-0.39, 0.29) is 17.0 Å². The molecule has 0 radical (unpaired) electrons. The van der Waals surface area contributed by atoms with Gasteiger partial charge >= 0.3 is 0 Å². The van der Waals surface area contributed by atoms with E-state index >= 15 is 0 Å². The second-order valence-electron chi connectivity index (χ2n) is 5.82. The van der Waals surface area contributed by atoms with Crippen molar-refractivity contribution < 1.29 is 17.5 Å². The van der Waals surface area contributed by atoms with Crippen molar-refractivity contribution in [3.05, 3.63) is 90.2 Å². The van der Waals surface area contributed by atoms with Gasteiger partial charge in [-0.05, 0) is 37.3 Å². The Morgan fingerprint density at radius 2 is 1.52 bits per heavy atom. The lowest BCUT2D eigenvalue weighted by Crippen LogP contribution is -2.31. The van der Waals surface area contributed by atoms with Crippen LogP contribution in [0.5, 0.6) is 5.75 Å². The lowest BCUT2D eigenvalue weighted by atomic mass is 10.2. The Kier molecular flexibility index (Phi) is 5.76. The molecule has 0 saturated heterocycles. The van der Waals surface area contributed by atoms with Crippen molar-refractivity contribution in [1.29, 1.82) is 0 Å². The summed E-state index contributed by atoms with van der Waals surface area (Å²) in [6, 6.07) is 21.1. The highest BCUT2D eigenvalue weighted by Crippen LogP contribution is 2.34. The minimum Gasteiger partial charge on any atom is -0.492 e. The molecule has 0 saturated carbocycles. The molecule has 0 aliphatic rings. The number of ether oxygens (including phenoxy) is 1. The average Bonchev–Trinajstić information content (AvgIpc) is 2.69. The summed E-state index contributed by atoms with van der Waals surface area (Å²) >= 11 is 0. The van der Waals surface area contributed by atoms with Crippen LogP contribution in [0, 0.1) is 5.82 Å². The zero-order chi connectivity index (χ0) is 19.3. The van der Waals surface area contributed by atoms with Gasteiger partial charge in [0.15, 0.2) is 0 Å². The van der Waals surface area contributed by atoms with Crippen LogP contribution in [0.2, 0.25) is 0 Å². The largest absolute Gasteiger partial charge is 0.492 e. The number of benzene rings is 3. The first kappa shape index (κ1) is 18.9. The third-order valence-electron chi connectivity index (χ3n) is 4.04. The first-order valence-corrected chi connectivity index (χ1v) is 10.0. The molecule has 6 heteroatoms. The van der Waals surface area contributed by atoms with E-state index in [0.717, 1.165) is 0 Å². The Bertz CT molecular complexity index is 1010. The molecule has 140 valence electrons. The van der Waals surface area contributed by atoms with Crippen LogP contribution in [0.25, 0.3) is 0 Å². The lowest BCUT2D eigenvalue weighted by Gasteiger charge is -2.26. The maximum Gasteiger partial charge on any atom is 0.264 e. The standard InChI is InChI=1S/C21H20FNO3S/c1-2-26-21-15-9-8-14-20(21)23(16-17-10-6-7-13-19(17)22)27(24,25)18-11-4-3-5-12-18/h3-15H,2,16H2,1H3. The van der Waals surface area contributed by atoms with E-state index in [9.17, 15) is 12.8 Å². The summed E-state index contributed by atoms with van der Waals surface area (Å²) in [5.74, 6) is -0.0319. The van der Waals surface area contributed by atoms with Crippen molar-refractivity contribution in [2.45, 2.75) is 18.4 Å². The summed E-state index contributed by atoms with van der Waals surface area (Å²) in [6.07, 6.45) is 0. The van der Waals surface area contributed by atoms with Crippen molar-refractivity contribution in [2.75, 3.05) is 10.9 Å². The quantitative estimate of drug-likeness (QED) is 0.596. The number of hydrogen-bond donors (Lipinski definition) is 0. The van der Waals surface area contributed by atoms with Crippen LogP contribution in [-0.4, -0.2) is 15.0 Å². The molecule has 0 N–H and O–H groups in total. The summed E-state index contributed by atoms with van der Waals surface area (Å²) < 4.78 is 47.8. The number of nitrogens with zero attached hydrogens (tertiary/aromatic N) is 1. The van der Waals surface area contributed by atoms with E-state index in [1.54, 1.807) is 60.7 Å². The van der Waals surface area contributed by atoms with Gasteiger partial charge < -0.3 is 4.74 Å². The zero-order valence-electron chi connectivity index (χ0n) is 14.9. The summed E-state index contributed by atoms with van der Waals surface area (Å²) in [5, 5.41) is 0. The van der Waals surface area contributed by atoms with Gasteiger partial charge in [0.2, 0.25) is 0 Å². The molecule has 0 bridgehead atoms. The lowest BCUT2D eigenvalue weighted by molar-refractivity contribution is 0.341. The van der Waals surface area contributed by atoms with Crippen LogP contribution >= 0.6 is 0 Å². The second kappa shape index (κ2) is 8.22. The number of sulfonamides is 1. The van der Waals surface area contributed by atoms with E-state index in [2.05, 4.69) is 0 Å². The van der Waals surface area contributed by atoms with Gasteiger partial charge in [-0.3, -0.25) is 4.31 Å². The molecule has 0 unspecified atom stereocenters. The van der Waals surface area contributed by atoms with Gasteiger partial charge in [-0.2, -0.15) is 0 Å². The fraction of sp³-hybridized carbons (Fsp3) is 0.143. The van der Waals surface area contributed by atoms with E-state index < -0.39 is 15.8 Å². The molecule has 0 heterocycles. The highest BCUT2D eigenvalue weighted by atomic mass is 32.2. The topological polar surface area (TPSA) is 46.6 Å². The normalized spacial score (nSPS) is 11.2. The van der Waals surface area contributed by atoms with Gasteiger partial charge in [0.05, 0.1) is 23.7 Å². The highest BCUT2D eigenvalue weighted by Gasteiger charge is 2.28. The van der Waals surface area contributed by atoms with Crippen LogP contribution in [-0.2, 0) is 16.6 Å². The molecule has 0 atom stereocenters. The predicted octanol–water partition coefficient (Wildman–Crippen LogP) is 4.62. The highest BCUT2D eigenvalue weighted by molar-refractivity contribution is 7.92. The SMILES string of the molecule is CCOc1ccccc1N(Cc1ccccc1F)S(=O)(=O)c1ccccc1. The van der Waals surface area contributed by atoms with Crippen LogP contribution in [0.3, 0.4) is 0 Å². The molecule has 3 rings (SSSR count). The van der Waals surface area contributed by atoms with Crippen molar-refractivity contribution in [1.82, 2.24) is 0 Å². The van der Waals surface area contributed by atoms with Crippen molar-refractivity contribution in [3.63, 3.8) is 0 Å². The number of halogens is 1. The summed E-state index contributed by atoms with van der Waals surface area (Å²) in [7, 11) is -3.92. The monoisotopic (exact) mass is 385 g/mol. The Balaban J connectivity index is 2.14. The molecule has 0 amide bonds. The third kappa shape index (κ3) is 4.11. The first-order valence-electron chi connectivity index (χ1n) is 8.57. The molecule has 3 aromatic rings. The first-order chi connectivity index (χ1) is 13.0. The fourth-order valence-electron chi connectivity index (χ4n) is 2.74. The Morgan fingerprint density at radius 1 is 0.889 bits per heavy atom. The average molecular weight is 385 g/mol. The second-order valence-corrected chi connectivity index (χ2v) is 7.68. The van der Waals surface area contributed by atoms with Gasteiger partial charge in [0.1, 0.15) is 11.6 Å². The molecular weight excluding hydrogens is 365 g/mol. The Labute approximate surface area is 158 Å². The summed E-state index contributed by atoms with van der Waals surface area (Å²) in [6.45, 7) is 2.06. The molecule has 0 aliphatic carbocycles. The summed E-state index contributed by atoms with van der Waals surface area (Å²) in [5.41, 5.74) is 0.648. The van der Waals surface area contributed by atoms with Crippen LogP contribution < -0.4 is 9.04 Å². The molecule has 4 nitrogen and oxygen atoms in total. The van der Waals surface area contributed by atoms with Gasteiger partial charge in [-0.15, -0.1) is 0 Å². The van der Waals surface area contributed by atoms with Crippen molar-refractivity contribution in [2.24, 2.45) is 0 Å². The molecule has 0 aromatic heterocycles. The number of hydrogen-bond acceptors (Lipinski definition) is 3. The summed E-state index contributed by atoms with van der Waals surface area (Å²) in [4.78, 5) is 0.132. The van der Waals surface area contributed by atoms with Gasteiger partial charge in [-0.1, -0.05) is 48.5 Å². The Morgan fingerprint density at radius 3 is 2.22 bits per heavy atom. The molecule has 3 aromatic carbocycles. The third-order valence-corrected chi connectivity index (χ3v) is 5.81. The van der Waals surface area contributed by atoms with Crippen molar-refractivity contribution in [3.8, 4) is 5.75 Å². The molecule has 0 fully saturated rings. The predicted molar refractivity (Wildman–Crippen MR) is 104 cm³/mol. The van der Waals surface area contributed by atoms with Crippen molar-refractivity contribution >= 4 is 15.7 Å². The van der Waals surface area contributed by atoms with Crippen LogP contribution in [0.1, 0.15) is 12.5 Å². The van der Waals surface area contributed by atoms with E-state index in [4.69, 9.17) is 4.74 Å². The minimum atomic E-state index is -3.92. The Hall–Kier alpha value is -2.86. The van der Waals surface area contributed by atoms with Gasteiger partial charge in [0, 0.05) is 5.56 Å². The number of anilines is 1. The smallest absolute Gasteiger partial charge is 0.264 e. The molecule has 0 aliphatic heterocycles. The van der Waals surface area contributed by atoms with E-state index in [0.29, 0.717) is 18.0 Å². The molecular formula is C21H20FNO3S. The minimum absolute atomic E-state index is 0.132. The van der Waals surface area contributed by atoms with Crippen LogP contribution in [0.15, 0.2) is 83.8 Å². The number of rotatable bonds is 7. The van der Waals surface area contributed by atoms with Crippen LogP contribution in [0.4, 0.5) is 10.1 Å². The fourth-order valence-corrected chi connectivity index (χ4v) is 4.22. The molecule has 27 heavy (non-hydrogen) atoms. The van der Waals surface area contributed by atoms with E-state index in [1.807, 2.05) is 6.92 Å². The maximum atomic E-state index is 14.3.